The zero-order chi connectivity index (χ0) is 22.8. The summed E-state index contributed by atoms with van der Waals surface area (Å²) in [6.45, 7) is 0.714. The van der Waals surface area contributed by atoms with E-state index in [0.717, 1.165) is 12.1 Å². The molecule has 0 bridgehead atoms. The molecule has 11 nitrogen and oxygen atoms in total. The van der Waals surface area contributed by atoms with Crippen LogP contribution in [0.25, 0.3) is 0 Å². The fraction of sp³-hybridized carbons (Fsp3) is 0.500. The largest absolute Gasteiger partial charge is 0.365 e. The molecule has 1 aromatic rings. The van der Waals surface area contributed by atoms with Gasteiger partial charge in [-0.2, -0.15) is 0 Å². The highest BCUT2D eigenvalue weighted by molar-refractivity contribution is 5.95. The average molecular weight is 441 g/mol. The summed E-state index contributed by atoms with van der Waals surface area (Å²) in [5.41, 5.74) is 7.05. The second-order valence-corrected chi connectivity index (χ2v) is 7.05. The molecule has 2 atom stereocenters. The fourth-order valence-corrected chi connectivity index (χ4v) is 3.10. The lowest BCUT2D eigenvalue weighted by Gasteiger charge is -2.13. The van der Waals surface area contributed by atoms with Gasteiger partial charge in [-0.25, -0.2) is 23.9 Å². The fourth-order valence-electron chi connectivity index (χ4n) is 3.10. The summed E-state index contributed by atoms with van der Waals surface area (Å²) in [7, 11) is 0. The van der Waals surface area contributed by atoms with Crippen molar-refractivity contribution in [2.45, 2.75) is 44.2 Å². The second-order valence-electron chi connectivity index (χ2n) is 7.05. The molecule has 1 fully saturated rings. The molecule has 1 saturated heterocycles. The Balaban J connectivity index is 1.63. The number of hydrogen-bond acceptors (Lipinski definition) is 6. The number of carbonyl (C=O) groups excluding carboxylic acids is 2. The number of hydrogen-bond donors (Lipinski definition) is 5. The summed E-state index contributed by atoms with van der Waals surface area (Å²) in [6, 6.07) is 1.94. The molecule has 170 valence electrons. The number of nitrogens with one attached hydrogen (secondary N) is 4. The van der Waals surface area contributed by atoms with Crippen LogP contribution in [0.4, 0.5) is 14.5 Å². The Kier molecular flexibility index (Phi) is 9.06. The van der Waals surface area contributed by atoms with Crippen LogP contribution >= 0.6 is 0 Å². The van der Waals surface area contributed by atoms with Gasteiger partial charge in [0.2, 0.25) is 11.8 Å². The predicted molar refractivity (Wildman–Crippen MR) is 108 cm³/mol. The van der Waals surface area contributed by atoms with Crippen LogP contribution in [-0.2, 0) is 9.59 Å². The highest BCUT2D eigenvalue weighted by atomic mass is 19.1. The van der Waals surface area contributed by atoms with Crippen LogP contribution in [0, 0.1) is 21.7 Å². The average Bonchev–Trinajstić information content (AvgIpc) is 3.11. The van der Waals surface area contributed by atoms with E-state index in [1.807, 2.05) is 0 Å². The molecule has 1 aliphatic rings. The van der Waals surface area contributed by atoms with Gasteiger partial charge in [-0.15, -0.1) is 0 Å². The van der Waals surface area contributed by atoms with Crippen LogP contribution in [0.2, 0.25) is 0 Å². The van der Waals surface area contributed by atoms with Gasteiger partial charge in [0.25, 0.3) is 5.96 Å². The molecule has 0 radical (unpaired) electrons. The van der Waals surface area contributed by atoms with Gasteiger partial charge in [0.05, 0.1) is 6.04 Å². The zero-order valence-corrected chi connectivity index (χ0v) is 16.7. The molecular weight excluding hydrogens is 416 g/mol. The lowest BCUT2D eigenvalue weighted by atomic mass is 10.1. The number of unbranched alkanes of at least 4 members (excludes halogenated alkanes) is 2. The number of benzene rings is 1. The highest BCUT2D eigenvalue weighted by Crippen LogP contribution is 2.15. The van der Waals surface area contributed by atoms with Crippen LogP contribution in [0.1, 0.15) is 32.1 Å². The third-order valence-electron chi connectivity index (χ3n) is 4.49. The van der Waals surface area contributed by atoms with E-state index in [-0.39, 0.29) is 23.6 Å². The van der Waals surface area contributed by atoms with Crippen molar-refractivity contribution in [1.29, 1.82) is 0 Å². The SMILES string of the molecule is NC(=NCCCCCC(=O)N[C@@H]1CN[C@H](C(=O)Nc2cc(F)cc(F)c2)C1)N[N+](=O)[O-]. The Labute approximate surface area is 177 Å². The maximum absolute atomic E-state index is 13.2. The number of halogens is 2. The van der Waals surface area contributed by atoms with Crippen LogP contribution in [0.5, 0.6) is 0 Å². The first-order valence-electron chi connectivity index (χ1n) is 9.73. The van der Waals surface area contributed by atoms with E-state index < -0.39 is 28.6 Å². The molecule has 0 aromatic heterocycles. The van der Waals surface area contributed by atoms with E-state index in [2.05, 4.69) is 20.9 Å². The third-order valence-corrected chi connectivity index (χ3v) is 4.49. The van der Waals surface area contributed by atoms with Crippen molar-refractivity contribution in [3.63, 3.8) is 0 Å². The molecule has 2 rings (SSSR count). The van der Waals surface area contributed by atoms with Gasteiger partial charge in [-0.05, 0) is 31.4 Å². The minimum Gasteiger partial charge on any atom is -0.365 e. The minimum absolute atomic E-state index is 0.0250. The molecule has 1 aliphatic heterocycles. The first kappa shape index (κ1) is 23.9. The number of nitrogens with zero attached hydrogens (tertiary/aromatic N) is 2. The van der Waals surface area contributed by atoms with E-state index in [9.17, 15) is 28.5 Å². The predicted octanol–water partition coefficient (Wildman–Crippen LogP) is 0.406. The first-order chi connectivity index (χ1) is 14.7. The summed E-state index contributed by atoms with van der Waals surface area (Å²) >= 11 is 0. The number of rotatable bonds is 10. The second kappa shape index (κ2) is 11.7. The van der Waals surface area contributed by atoms with Gasteiger partial charge in [0, 0.05) is 37.3 Å². The summed E-state index contributed by atoms with van der Waals surface area (Å²) in [6.07, 6.45) is 2.58. The monoisotopic (exact) mass is 441 g/mol. The molecule has 1 heterocycles. The number of hydrazine groups is 1. The van der Waals surface area contributed by atoms with Crippen LogP contribution in [0.15, 0.2) is 23.2 Å². The molecule has 0 unspecified atom stereocenters. The number of nitrogens with two attached hydrogens (primary N) is 1. The molecule has 1 aromatic carbocycles. The Hall–Kier alpha value is -3.35. The number of guanidine groups is 1. The van der Waals surface area contributed by atoms with Crippen LogP contribution < -0.4 is 27.1 Å². The molecule has 2 amide bonds. The van der Waals surface area contributed by atoms with E-state index in [4.69, 9.17) is 5.73 Å². The van der Waals surface area contributed by atoms with Crippen molar-refractivity contribution in [3.8, 4) is 0 Å². The Morgan fingerprint density at radius 2 is 1.94 bits per heavy atom. The molecular formula is C18H25F2N7O4. The quantitative estimate of drug-likeness (QED) is 0.115. The van der Waals surface area contributed by atoms with E-state index in [1.165, 1.54) is 0 Å². The van der Waals surface area contributed by atoms with Crippen molar-refractivity contribution in [1.82, 2.24) is 16.1 Å². The molecule has 13 heteroatoms. The van der Waals surface area contributed by atoms with Gasteiger partial charge < -0.3 is 21.7 Å². The summed E-state index contributed by atoms with van der Waals surface area (Å²) in [4.78, 5) is 38.2. The van der Waals surface area contributed by atoms with Crippen molar-refractivity contribution in [3.05, 3.63) is 39.9 Å². The van der Waals surface area contributed by atoms with Crippen molar-refractivity contribution in [2.75, 3.05) is 18.4 Å². The van der Waals surface area contributed by atoms with E-state index in [0.29, 0.717) is 51.3 Å². The third kappa shape index (κ3) is 8.90. The van der Waals surface area contributed by atoms with Crippen molar-refractivity contribution < 1.29 is 23.4 Å². The number of aliphatic imine (C=N–C) groups is 1. The van der Waals surface area contributed by atoms with Gasteiger partial charge in [-0.3, -0.25) is 9.59 Å². The normalized spacial score (nSPS) is 18.5. The maximum Gasteiger partial charge on any atom is 0.251 e. The number of nitro groups is 1. The minimum atomic E-state index is -0.795. The molecule has 0 aliphatic carbocycles. The lowest BCUT2D eigenvalue weighted by molar-refractivity contribution is -0.525. The number of carbonyl (C=O) groups is 2. The summed E-state index contributed by atoms with van der Waals surface area (Å²) in [5.74, 6) is -2.43. The van der Waals surface area contributed by atoms with Gasteiger partial charge in [0.1, 0.15) is 11.6 Å². The number of amides is 2. The molecule has 6 N–H and O–H groups in total. The Bertz CT molecular complexity index is 817. The van der Waals surface area contributed by atoms with Crippen LogP contribution in [0.3, 0.4) is 0 Å². The molecule has 0 saturated carbocycles. The van der Waals surface area contributed by atoms with Gasteiger partial charge in [0.15, 0.2) is 5.03 Å². The van der Waals surface area contributed by atoms with Gasteiger partial charge >= 0.3 is 0 Å². The highest BCUT2D eigenvalue weighted by Gasteiger charge is 2.30. The van der Waals surface area contributed by atoms with E-state index in [1.54, 1.807) is 5.43 Å². The summed E-state index contributed by atoms with van der Waals surface area (Å²) in [5, 5.41) is 17.6. The maximum atomic E-state index is 13.2. The lowest BCUT2D eigenvalue weighted by Crippen LogP contribution is -2.36. The topological polar surface area (TPSA) is 164 Å². The standard InChI is InChI=1S/C18H25F2N7O4/c19-11-6-12(20)8-13(7-11)25-17(29)15-9-14(10-23-15)24-16(28)4-2-1-3-5-22-18(21)26-27(30)31/h6-8,14-15,23H,1-5,9-10H2,(H,24,28)(H,25,29)(H3,21,22,26)/t14-,15-/m0/s1. The zero-order valence-electron chi connectivity index (χ0n) is 16.7. The van der Waals surface area contributed by atoms with Crippen LogP contribution in [-0.4, -0.2) is 48.0 Å². The van der Waals surface area contributed by atoms with E-state index >= 15 is 0 Å². The first-order valence-corrected chi connectivity index (χ1v) is 9.73. The van der Waals surface area contributed by atoms with Crippen molar-refractivity contribution in [2.24, 2.45) is 10.7 Å². The van der Waals surface area contributed by atoms with Crippen molar-refractivity contribution >= 4 is 23.5 Å². The summed E-state index contributed by atoms with van der Waals surface area (Å²) < 4.78 is 26.4. The Morgan fingerprint density at radius 3 is 2.61 bits per heavy atom. The number of anilines is 1. The molecule has 31 heavy (non-hydrogen) atoms. The van der Waals surface area contributed by atoms with Gasteiger partial charge in [-0.1, -0.05) is 11.8 Å². The smallest absolute Gasteiger partial charge is 0.251 e. The Morgan fingerprint density at radius 1 is 1.23 bits per heavy atom. The molecule has 0 spiro atoms.